The maximum atomic E-state index is 12.9. The normalized spacial score (nSPS) is 16.0. The van der Waals surface area contributed by atoms with Crippen molar-refractivity contribution in [2.24, 2.45) is 0 Å². The number of carboxylic acid groups (broad SMARTS) is 3. The second-order valence-corrected chi connectivity index (χ2v) is 30.2. The first kappa shape index (κ1) is 58.4. The van der Waals surface area contributed by atoms with Gasteiger partial charge >= 0.3 is 17.9 Å². The Hall–Kier alpha value is -6.98. The van der Waals surface area contributed by atoms with Crippen molar-refractivity contribution in [2.75, 3.05) is 24.5 Å². The molecule has 3 saturated heterocycles. The van der Waals surface area contributed by atoms with Crippen LogP contribution in [0.3, 0.4) is 0 Å². The first-order chi connectivity index (χ1) is 41.0. The van der Waals surface area contributed by atoms with Gasteiger partial charge in [-0.2, -0.15) is 0 Å². The van der Waals surface area contributed by atoms with Crippen LogP contribution < -0.4 is 4.90 Å². The number of carbonyl (C=O) groups is 6. The molecule has 6 aromatic heterocycles. The summed E-state index contributed by atoms with van der Waals surface area (Å²) in [6, 6.07) is 50.0. The third-order valence-electron chi connectivity index (χ3n) is 13.0. The SMILES string of the molecule is O=C(O)CN1C(=O)C(=Cc2ccc(-c3ccc(-c4ccc(N(c5ccc(-c6ccc(-c7ccc(C=C8SC(=S)N(CC(=O)O)C8=O)s7)s6)cc5)c5ccc(-c6ccc(-c7ccc(C=C8SC(=S)N(CC(=O)O)C8=O)s7)s6)cc5)cc4)s3)s2)SC1=S. The molecule has 3 aromatic carbocycles. The number of thiophene rings is 6. The van der Waals surface area contributed by atoms with Crippen LogP contribution >= 0.6 is 140 Å². The average Bonchev–Trinajstić information content (AvgIpc) is 3.83. The molecule has 422 valence electrons. The van der Waals surface area contributed by atoms with E-state index in [1.54, 1.807) is 86.2 Å². The lowest BCUT2D eigenvalue weighted by Crippen LogP contribution is -2.33. The van der Waals surface area contributed by atoms with E-state index in [0.29, 0.717) is 14.7 Å². The van der Waals surface area contributed by atoms with Gasteiger partial charge in [0.05, 0.1) is 14.7 Å². The van der Waals surface area contributed by atoms with Gasteiger partial charge in [-0.3, -0.25) is 43.5 Å². The maximum absolute atomic E-state index is 12.9. The molecule has 0 spiro atoms. The molecule has 3 N–H and O–H groups in total. The van der Waals surface area contributed by atoms with Crippen LogP contribution in [-0.2, 0) is 28.8 Å². The fraction of sp³-hybridized carbons (Fsp3) is 0.0500. The number of amides is 3. The van der Waals surface area contributed by atoms with E-state index in [4.69, 9.17) is 36.7 Å². The molecule has 3 amide bonds. The van der Waals surface area contributed by atoms with Gasteiger partial charge in [-0.05, 0) is 144 Å². The zero-order valence-electron chi connectivity index (χ0n) is 43.2. The summed E-state index contributed by atoms with van der Waals surface area (Å²) in [6.07, 6.45) is 5.29. The maximum Gasteiger partial charge on any atom is 0.323 e. The minimum Gasteiger partial charge on any atom is -0.480 e. The van der Waals surface area contributed by atoms with Crippen molar-refractivity contribution in [3.05, 3.63) is 175 Å². The van der Waals surface area contributed by atoms with Crippen LogP contribution in [0, 0.1) is 0 Å². The number of hydrogen-bond acceptors (Lipinski definition) is 19. The van der Waals surface area contributed by atoms with E-state index < -0.39 is 55.3 Å². The third kappa shape index (κ3) is 12.7. The molecule has 9 aromatic rings. The van der Waals surface area contributed by atoms with Gasteiger partial charge in [0, 0.05) is 75.6 Å². The minimum atomic E-state index is -1.13. The van der Waals surface area contributed by atoms with Crippen LogP contribution in [-0.4, -0.2) is 98.2 Å². The lowest BCUT2D eigenvalue weighted by Gasteiger charge is -2.26. The minimum absolute atomic E-state index is 0.226. The number of anilines is 3. The molecule has 25 heteroatoms. The molecule has 0 unspecified atom stereocenters. The highest BCUT2D eigenvalue weighted by atomic mass is 32.2. The highest BCUT2D eigenvalue weighted by Gasteiger charge is 2.36. The Balaban J connectivity index is 0.790. The third-order valence-corrected chi connectivity index (χ3v) is 24.2. The van der Waals surface area contributed by atoms with E-state index in [-0.39, 0.29) is 13.0 Å². The summed E-state index contributed by atoms with van der Waals surface area (Å²) < 4.78 is 0.678. The van der Waals surface area contributed by atoms with Crippen LogP contribution in [0.25, 0.3) is 78.8 Å². The summed E-state index contributed by atoms with van der Waals surface area (Å²) >= 11 is 28.8. The summed E-state index contributed by atoms with van der Waals surface area (Å²) in [5, 5.41) is 27.7. The molecule has 3 aliphatic heterocycles. The highest BCUT2D eigenvalue weighted by Crippen LogP contribution is 2.46. The fourth-order valence-electron chi connectivity index (χ4n) is 9.04. The number of hydrogen-bond donors (Lipinski definition) is 3. The number of nitrogens with zero attached hydrogens (tertiary/aromatic N) is 4. The smallest absolute Gasteiger partial charge is 0.323 e. The number of thioether (sulfide) groups is 3. The number of aliphatic carboxylic acids is 3. The van der Waals surface area contributed by atoms with E-state index in [9.17, 15) is 44.1 Å². The molecule has 9 heterocycles. The Kier molecular flexibility index (Phi) is 17.0. The lowest BCUT2D eigenvalue weighted by molar-refractivity contribution is -0.140. The Labute approximate surface area is 537 Å². The molecule has 0 radical (unpaired) electrons. The molecule has 0 aliphatic carbocycles. The molecule has 12 rings (SSSR count). The largest absolute Gasteiger partial charge is 0.480 e. The number of thiocarbonyl (C=S) groups is 3. The van der Waals surface area contributed by atoms with Crippen LogP contribution in [0.4, 0.5) is 17.1 Å². The van der Waals surface area contributed by atoms with Gasteiger partial charge in [-0.15, -0.1) is 68.0 Å². The zero-order chi connectivity index (χ0) is 59.2. The van der Waals surface area contributed by atoms with Crippen LogP contribution in [0.2, 0.25) is 0 Å². The molecule has 3 aliphatic rings. The Bertz CT molecular complexity index is 3910. The molecule has 0 bridgehead atoms. The Morgan fingerprint density at radius 3 is 0.847 bits per heavy atom. The summed E-state index contributed by atoms with van der Waals surface area (Å²) in [4.78, 5) is 91.6. The van der Waals surface area contributed by atoms with Crippen LogP contribution in [0.5, 0.6) is 0 Å². The number of carbonyl (C=O) groups excluding carboxylic acids is 3. The predicted octanol–water partition coefficient (Wildman–Crippen LogP) is 16.4. The monoisotopic (exact) mass is 1340 g/mol. The second-order valence-electron chi connectivity index (χ2n) is 18.6. The van der Waals surface area contributed by atoms with Crippen molar-refractivity contribution in [2.45, 2.75) is 0 Å². The molecular formula is C60H36N4O9S12. The Morgan fingerprint density at radius 1 is 0.353 bits per heavy atom. The molecule has 13 nitrogen and oxygen atoms in total. The second kappa shape index (κ2) is 24.8. The zero-order valence-corrected chi connectivity index (χ0v) is 53.0. The summed E-state index contributed by atoms with van der Waals surface area (Å²) in [7, 11) is 0. The standard InChI is InChI=1S/C60H36N4O9S12/c65-52(66)28-61-55(71)49(83-58(61)74)25-37-13-16-43(77-37)46-22-19-40(80-46)31-1-7-34(8-2-31)64(35-9-3-32(4-10-35)41-20-23-47(81-41)44-17-14-38(78-44)26-50-56(72)62(29-53(67)68)59(75)84-50)36-11-5-33(6-12-36)42-21-24-48(82-42)45-18-15-39(79-45)27-51-57(73)63(30-54(69)70)60(76)85-51/h1-27H,28-30H2,(H,65,66)(H,67,68)(H,69,70). The van der Waals surface area contributed by atoms with Crippen molar-refractivity contribution >= 4 is 224 Å². The van der Waals surface area contributed by atoms with Crippen molar-refractivity contribution < 1.29 is 44.1 Å². The van der Waals surface area contributed by atoms with Crippen LogP contribution in [0.1, 0.15) is 14.6 Å². The molecule has 3 fully saturated rings. The number of benzene rings is 3. The van der Waals surface area contributed by atoms with Crippen molar-refractivity contribution in [3.63, 3.8) is 0 Å². The van der Waals surface area contributed by atoms with E-state index in [0.717, 1.165) is 142 Å². The topological polar surface area (TPSA) is 176 Å². The van der Waals surface area contributed by atoms with Gasteiger partial charge in [0.15, 0.2) is 0 Å². The first-order valence-corrected chi connectivity index (χ1v) is 33.7. The van der Waals surface area contributed by atoms with Gasteiger partial charge in [-0.1, -0.05) is 108 Å². The molecule has 0 atom stereocenters. The molecule has 0 saturated carbocycles. The van der Waals surface area contributed by atoms with Gasteiger partial charge in [0.2, 0.25) is 0 Å². The molecular weight excluding hydrogens is 1310 g/mol. The number of carboxylic acids is 3. The van der Waals surface area contributed by atoms with Crippen LogP contribution in [0.15, 0.2) is 160 Å². The summed E-state index contributed by atoms with van der Waals surface area (Å²) in [5.41, 5.74) is 5.99. The van der Waals surface area contributed by atoms with Gasteiger partial charge < -0.3 is 20.2 Å². The first-order valence-electron chi connectivity index (χ1n) is 25.1. The van der Waals surface area contributed by atoms with E-state index in [2.05, 4.69) is 114 Å². The van der Waals surface area contributed by atoms with Gasteiger partial charge in [0.25, 0.3) is 17.7 Å². The quantitative estimate of drug-likeness (QED) is 0.0546. The lowest BCUT2D eigenvalue weighted by atomic mass is 10.1. The summed E-state index contributed by atoms with van der Waals surface area (Å²) in [6.45, 7) is -1.42. The summed E-state index contributed by atoms with van der Waals surface area (Å²) in [5.74, 6) is -4.61. The predicted molar refractivity (Wildman–Crippen MR) is 364 cm³/mol. The van der Waals surface area contributed by atoms with E-state index in [1.807, 2.05) is 36.4 Å². The van der Waals surface area contributed by atoms with Crippen molar-refractivity contribution in [1.82, 2.24) is 14.7 Å². The highest BCUT2D eigenvalue weighted by molar-refractivity contribution is 8.27. The fourth-order valence-corrected chi connectivity index (χ4v) is 19.2. The van der Waals surface area contributed by atoms with Crippen molar-refractivity contribution in [3.8, 4) is 60.6 Å². The van der Waals surface area contributed by atoms with Crippen molar-refractivity contribution in [1.29, 1.82) is 0 Å². The van der Waals surface area contributed by atoms with E-state index >= 15 is 0 Å². The van der Waals surface area contributed by atoms with E-state index in [1.165, 1.54) is 0 Å². The average molecular weight is 1340 g/mol. The van der Waals surface area contributed by atoms with Gasteiger partial charge in [-0.25, -0.2) is 0 Å². The van der Waals surface area contributed by atoms with Gasteiger partial charge in [0.1, 0.15) is 32.6 Å². The molecule has 85 heavy (non-hydrogen) atoms. The number of rotatable bonds is 18. The Morgan fingerprint density at radius 2 is 0.588 bits per heavy atom.